The topological polar surface area (TPSA) is 184 Å². The third kappa shape index (κ3) is 11.1. The van der Waals surface area contributed by atoms with E-state index in [1.54, 1.807) is 58.6 Å². The average molecular weight is 892 g/mol. The molecule has 3 amide bonds. The molecule has 4 aliphatic rings. The number of ketones is 1. The summed E-state index contributed by atoms with van der Waals surface area (Å²) in [5.74, 6) is -5.00. The number of thiophene rings is 1. The van der Waals surface area contributed by atoms with Gasteiger partial charge in [-0.2, -0.15) is 0 Å². The Kier molecular flexibility index (Phi) is 14.8. The fourth-order valence-electron chi connectivity index (χ4n) is 8.15. The summed E-state index contributed by atoms with van der Waals surface area (Å²) in [7, 11) is -4.81. The van der Waals surface area contributed by atoms with Crippen LogP contribution in [0.15, 0.2) is 24.3 Å². The second-order valence-corrected chi connectivity index (χ2v) is 21.6. The standard InChI is InChI=1S/C43H59FN3O12PS/c1-42(2,3)40(52)56-24-58-60(54,59-25-57-41(53)43(4,5)6)36(44)26-14-15-33-27(20-26)23-34(61-33)37(49)45-31-12-8-7-10-30-11-9-13-32(47(30)39(31)51)35(48)28-21-29(22-28)38(50)46-16-18-55-19-17-46/h14-15,20,23,28-32,36H,7-13,16-19,21-22,24-25H2,1-6H3,(H,45,49)/t28?,29?,30-,31-,32-,36-/m0/s1. The van der Waals surface area contributed by atoms with Crippen LogP contribution in [0.5, 0.6) is 0 Å². The van der Waals surface area contributed by atoms with Gasteiger partial charge in [-0.3, -0.25) is 42.4 Å². The number of hydrogen-bond acceptors (Lipinski definition) is 13. The molecular formula is C43H59FN3O12PS. The lowest BCUT2D eigenvalue weighted by Gasteiger charge is -2.47. The van der Waals surface area contributed by atoms with E-state index in [0.717, 1.165) is 43.4 Å². The Balaban J connectivity index is 1.13. The maximum Gasteiger partial charge on any atom is 0.374 e. The van der Waals surface area contributed by atoms with Crippen LogP contribution in [-0.4, -0.2) is 103 Å². The van der Waals surface area contributed by atoms with Crippen LogP contribution < -0.4 is 5.32 Å². The normalized spacial score (nSPS) is 24.4. The van der Waals surface area contributed by atoms with Crippen LogP contribution in [0.25, 0.3) is 10.1 Å². The number of Topliss-reactive ketones (excluding diaryl/α,β-unsaturated/α-hetero) is 1. The number of halogens is 1. The molecule has 336 valence electrons. The molecule has 4 atom stereocenters. The molecular weight excluding hydrogens is 833 g/mol. The summed E-state index contributed by atoms with van der Waals surface area (Å²) in [4.78, 5) is 83.7. The van der Waals surface area contributed by atoms with Crippen molar-refractivity contribution in [2.24, 2.45) is 22.7 Å². The smallest absolute Gasteiger partial charge is 0.374 e. The third-order valence-corrected chi connectivity index (χ3v) is 14.7. The van der Waals surface area contributed by atoms with Crippen LogP contribution in [0.4, 0.5) is 4.39 Å². The number of carbonyl (C=O) groups excluding carboxylic acids is 6. The molecule has 0 radical (unpaired) electrons. The van der Waals surface area contributed by atoms with Crippen molar-refractivity contribution in [2.45, 2.75) is 123 Å². The first-order valence-corrected chi connectivity index (χ1v) is 23.6. The maximum absolute atomic E-state index is 16.3. The van der Waals surface area contributed by atoms with Crippen LogP contribution in [0.2, 0.25) is 0 Å². The van der Waals surface area contributed by atoms with Gasteiger partial charge in [-0.1, -0.05) is 18.9 Å². The highest BCUT2D eigenvalue weighted by Gasteiger charge is 2.48. The van der Waals surface area contributed by atoms with E-state index in [1.807, 2.05) is 4.90 Å². The molecule has 1 aliphatic carbocycles. The third-order valence-electron chi connectivity index (χ3n) is 11.8. The van der Waals surface area contributed by atoms with Gasteiger partial charge in [0, 0.05) is 35.7 Å². The van der Waals surface area contributed by atoms with Crippen LogP contribution in [-0.2, 0) is 51.8 Å². The number of amides is 3. The first kappa shape index (κ1) is 46.7. The molecule has 0 unspecified atom stereocenters. The number of hydrogen-bond donors (Lipinski definition) is 1. The Morgan fingerprint density at radius 2 is 1.48 bits per heavy atom. The molecule has 0 bridgehead atoms. The van der Waals surface area contributed by atoms with Crippen molar-refractivity contribution in [3.05, 3.63) is 34.7 Å². The Labute approximate surface area is 360 Å². The van der Waals surface area contributed by atoms with Crippen LogP contribution >= 0.6 is 18.9 Å². The summed E-state index contributed by atoms with van der Waals surface area (Å²) < 4.78 is 56.8. The molecule has 4 heterocycles. The summed E-state index contributed by atoms with van der Waals surface area (Å²) in [6, 6.07) is 4.27. The Bertz CT molecular complexity index is 1980. The minimum absolute atomic E-state index is 0.00148. The molecule has 2 aromatic rings. The Morgan fingerprint density at radius 3 is 2.10 bits per heavy atom. The SMILES string of the molecule is CC(C)(C)C(=O)OCOP(=O)(OCOC(=O)C(C)(C)C)[C@H](F)c1ccc2sc(C(=O)N[C@H]3CCCC[C@H]4CCC[C@@H](C(=O)C5CC(C(=O)N6CCOCC6)C5)N4C3=O)cc2c1. The molecule has 1 aromatic carbocycles. The number of morpholine rings is 1. The molecule has 1 saturated carbocycles. The molecule has 1 aromatic heterocycles. The lowest BCUT2D eigenvalue weighted by Crippen LogP contribution is -2.61. The van der Waals surface area contributed by atoms with Gasteiger partial charge in [-0.15, -0.1) is 11.3 Å². The van der Waals surface area contributed by atoms with Gasteiger partial charge in [0.05, 0.1) is 35.0 Å². The zero-order chi connectivity index (χ0) is 44.3. The van der Waals surface area contributed by atoms with E-state index in [4.69, 9.17) is 23.3 Å². The highest BCUT2D eigenvalue weighted by molar-refractivity contribution is 7.54. The number of fused-ring (bicyclic) bond motifs is 2. The summed E-state index contributed by atoms with van der Waals surface area (Å²) in [6.07, 6.45) is 5.83. The molecule has 18 heteroatoms. The van der Waals surface area contributed by atoms with E-state index in [1.165, 1.54) is 12.1 Å². The number of alkyl halides is 1. The monoisotopic (exact) mass is 891 g/mol. The fraction of sp³-hybridized carbons (Fsp3) is 0.674. The molecule has 0 spiro atoms. The van der Waals surface area contributed by atoms with Gasteiger partial charge in [-0.05, 0) is 116 Å². The minimum atomic E-state index is -4.81. The van der Waals surface area contributed by atoms with E-state index in [9.17, 15) is 33.3 Å². The Morgan fingerprint density at radius 1 is 0.869 bits per heavy atom. The first-order chi connectivity index (χ1) is 28.8. The number of carbonyl (C=O) groups is 6. The first-order valence-electron chi connectivity index (χ1n) is 21.2. The van der Waals surface area contributed by atoms with Gasteiger partial charge in [0.2, 0.25) is 31.3 Å². The van der Waals surface area contributed by atoms with Crippen LogP contribution in [0.3, 0.4) is 0 Å². The van der Waals surface area contributed by atoms with Crippen LogP contribution in [0, 0.1) is 22.7 Å². The van der Waals surface area contributed by atoms with Gasteiger partial charge in [0.25, 0.3) is 5.91 Å². The molecule has 3 aliphatic heterocycles. The molecule has 61 heavy (non-hydrogen) atoms. The largest absolute Gasteiger partial charge is 0.438 e. The molecule has 1 N–H and O–H groups in total. The van der Waals surface area contributed by atoms with Crippen molar-refractivity contribution < 1.29 is 61.0 Å². The fourth-order valence-corrected chi connectivity index (χ4v) is 10.4. The van der Waals surface area contributed by atoms with E-state index in [-0.39, 0.29) is 45.9 Å². The number of benzene rings is 1. The number of nitrogens with one attached hydrogen (secondary N) is 1. The van der Waals surface area contributed by atoms with Crippen molar-refractivity contribution in [3.8, 4) is 0 Å². The zero-order valence-electron chi connectivity index (χ0n) is 35.9. The van der Waals surface area contributed by atoms with E-state index in [2.05, 4.69) is 5.32 Å². The minimum Gasteiger partial charge on any atom is -0.438 e. The van der Waals surface area contributed by atoms with Gasteiger partial charge in [-0.25, -0.2) is 4.39 Å². The Hall–Kier alpha value is -3.76. The summed E-state index contributed by atoms with van der Waals surface area (Å²) in [5.41, 5.74) is -1.98. The van der Waals surface area contributed by atoms with Gasteiger partial charge in [0.15, 0.2) is 5.78 Å². The zero-order valence-corrected chi connectivity index (χ0v) is 37.6. The van der Waals surface area contributed by atoms with E-state index >= 15 is 4.39 Å². The van der Waals surface area contributed by atoms with E-state index in [0.29, 0.717) is 62.1 Å². The number of nitrogens with zero attached hydrogens (tertiary/aromatic N) is 2. The number of ether oxygens (including phenoxy) is 3. The highest BCUT2D eigenvalue weighted by Crippen LogP contribution is 2.62. The predicted octanol–water partition coefficient (Wildman–Crippen LogP) is 7.07. The summed E-state index contributed by atoms with van der Waals surface area (Å²) in [6.45, 7) is 9.95. The van der Waals surface area contributed by atoms with E-state index < -0.39 is 67.9 Å². The van der Waals surface area contributed by atoms with Crippen molar-refractivity contribution >= 4 is 64.5 Å². The molecule has 3 saturated heterocycles. The predicted molar refractivity (Wildman–Crippen MR) is 223 cm³/mol. The van der Waals surface area contributed by atoms with Crippen molar-refractivity contribution in [3.63, 3.8) is 0 Å². The second-order valence-electron chi connectivity index (χ2n) is 18.5. The van der Waals surface area contributed by atoms with Crippen molar-refractivity contribution in [1.29, 1.82) is 0 Å². The van der Waals surface area contributed by atoms with Gasteiger partial charge >= 0.3 is 19.5 Å². The summed E-state index contributed by atoms with van der Waals surface area (Å²) >= 11 is 1.13. The van der Waals surface area contributed by atoms with Crippen LogP contribution in [0.1, 0.15) is 120 Å². The van der Waals surface area contributed by atoms with Crippen molar-refractivity contribution in [2.75, 3.05) is 39.9 Å². The lowest BCUT2D eigenvalue weighted by molar-refractivity contribution is -0.162. The maximum atomic E-state index is 16.3. The number of rotatable bonds is 13. The molecule has 6 rings (SSSR count). The van der Waals surface area contributed by atoms with Gasteiger partial charge in [0.1, 0.15) is 6.04 Å². The highest BCUT2D eigenvalue weighted by atomic mass is 32.1. The van der Waals surface area contributed by atoms with Gasteiger partial charge < -0.3 is 29.3 Å². The number of esters is 2. The number of piperidine rings is 1. The molecule has 4 fully saturated rings. The second kappa shape index (κ2) is 19.3. The average Bonchev–Trinajstić information content (AvgIpc) is 3.63. The lowest BCUT2D eigenvalue weighted by atomic mass is 9.69. The molecule has 15 nitrogen and oxygen atoms in total. The van der Waals surface area contributed by atoms with Crippen molar-refractivity contribution in [1.82, 2.24) is 15.1 Å². The quantitative estimate of drug-likeness (QED) is 0.123. The summed E-state index contributed by atoms with van der Waals surface area (Å²) in [5, 5.41) is 3.38.